The van der Waals surface area contributed by atoms with Gasteiger partial charge in [-0.1, -0.05) is 18.2 Å². The summed E-state index contributed by atoms with van der Waals surface area (Å²) >= 11 is 0. The van der Waals surface area contributed by atoms with Crippen molar-refractivity contribution in [1.29, 1.82) is 0 Å². The number of carbonyl (C=O) groups is 1. The third kappa shape index (κ3) is 3.82. The molecular weight excluding hydrogens is 264 g/mol. The highest BCUT2D eigenvalue weighted by Gasteiger charge is 2.23. The lowest BCUT2D eigenvalue weighted by atomic mass is 10.2. The number of hydrogen-bond donors (Lipinski definition) is 1. The van der Waals surface area contributed by atoms with Gasteiger partial charge in [0.2, 0.25) is 0 Å². The van der Waals surface area contributed by atoms with E-state index in [9.17, 15) is 4.79 Å². The van der Waals surface area contributed by atoms with Crippen LogP contribution in [0.1, 0.15) is 18.5 Å². The molecule has 1 N–H and O–H groups in total. The zero-order valence-corrected chi connectivity index (χ0v) is 12.2. The molecule has 112 valence electrons. The maximum Gasteiger partial charge on any atom is 0.317 e. The summed E-state index contributed by atoms with van der Waals surface area (Å²) in [6.07, 6.45) is 8.02. The van der Waals surface area contributed by atoms with E-state index in [-0.39, 0.29) is 6.03 Å². The molecule has 1 aromatic rings. The molecule has 1 saturated heterocycles. The maximum absolute atomic E-state index is 12.2. The van der Waals surface area contributed by atoms with Crippen molar-refractivity contribution in [2.75, 3.05) is 26.2 Å². The molecule has 2 aliphatic rings. The van der Waals surface area contributed by atoms with E-state index < -0.39 is 0 Å². The van der Waals surface area contributed by atoms with E-state index in [4.69, 9.17) is 0 Å². The van der Waals surface area contributed by atoms with Crippen molar-refractivity contribution in [2.24, 2.45) is 0 Å². The van der Waals surface area contributed by atoms with Crippen molar-refractivity contribution >= 4 is 6.03 Å². The molecule has 5 nitrogen and oxygen atoms in total. The summed E-state index contributed by atoms with van der Waals surface area (Å²) < 4.78 is 0. The minimum atomic E-state index is 0.0844. The molecule has 1 fully saturated rings. The van der Waals surface area contributed by atoms with Crippen LogP contribution in [0.5, 0.6) is 0 Å². The van der Waals surface area contributed by atoms with Gasteiger partial charge in [-0.05, 0) is 25.0 Å². The average Bonchev–Trinajstić information content (AvgIpc) is 3.02. The number of aromatic nitrogens is 1. The monoisotopic (exact) mass is 286 g/mol. The molecule has 21 heavy (non-hydrogen) atoms. The number of pyridine rings is 1. The molecular formula is C16H22N4O. The van der Waals surface area contributed by atoms with Crippen molar-refractivity contribution in [2.45, 2.75) is 25.4 Å². The van der Waals surface area contributed by atoms with Gasteiger partial charge in [0.1, 0.15) is 0 Å². The van der Waals surface area contributed by atoms with Crippen LogP contribution in [0.2, 0.25) is 0 Å². The standard InChI is InChI=1S/C16H22N4O/c21-16(18-14-5-1-2-6-14)20-11-9-19(10-12-20)13-15-7-3-4-8-17-15/h1-4,7-8,14H,5-6,9-13H2,(H,18,21). The number of amides is 2. The first-order valence-corrected chi connectivity index (χ1v) is 7.64. The Balaban J connectivity index is 1.43. The summed E-state index contributed by atoms with van der Waals surface area (Å²) in [5, 5.41) is 3.11. The average molecular weight is 286 g/mol. The third-order valence-corrected chi connectivity index (χ3v) is 4.11. The van der Waals surface area contributed by atoms with Gasteiger partial charge in [-0.3, -0.25) is 9.88 Å². The van der Waals surface area contributed by atoms with Crippen molar-refractivity contribution in [1.82, 2.24) is 20.1 Å². The fourth-order valence-electron chi connectivity index (χ4n) is 2.83. The van der Waals surface area contributed by atoms with Gasteiger partial charge >= 0.3 is 6.03 Å². The van der Waals surface area contributed by atoms with Crippen molar-refractivity contribution in [3.05, 3.63) is 42.2 Å². The molecule has 2 heterocycles. The lowest BCUT2D eigenvalue weighted by Crippen LogP contribution is -2.52. The molecule has 1 aromatic heterocycles. The highest BCUT2D eigenvalue weighted by atomic mass is 16.2. The fourth-order valence-corrected chi connectivity index (χ4v) is 2.83. The summed E-state index contributed by atoms with van der Waals surface area (Å²) in [6, 6.07) is 6.38. The van der Waals surface area contributed by atoms with Crippen LogP contribution in [0, 0.1) is 0 Å². The second-order valence-corrected chi connectivity index (χ2v) is 5.67. The molecule has 0 spiro atoms. The van der Waals surface area contributed by atoms with Gasteiger partial charge < -0.3 is 10.2 Å². The Hall–Kier alpha value is -1.88. The van der Waals surface area contributed by atoms with Gasteiger partial charge in [0.25, 0.3) is 0 Å². The van der Waals surface area contributed by atoms with Gasteiger partial charge in [0.05, 0.1) is 5.69 Å². The first-order valence-electron chi connectivity index (χ1n) is 7.64. The van der Waals surface area contributed by atoms with Crippen LogP contribution in [0.25, 0.3) is 0 Å². The SMILES string of the molecule is O=C(NC1CC=CC1)N1CCN(Cc2ccccn2)CC1. The quantitative estimate of drug-likeness (QED) is 0.859. The minimum Gasteiger partial charge on any atom is -0.335 e. The largest absolute Gasteiger partial charge is 0.335 e. The summed E-state index contributed by atoms with van der Waals surface area (Å²) in [7, 11) is 0. The molecule has 0 saturated carbocycles. The molecule has 0 bridgehead atoms. The maximum atomic E-state index is 12.2. The summed E-state index contributed by atoms with van der Waals surface area (Å²) in [5.41, 5.74) is 1.09. The number of nitrogens with one attached hydrogen (secondary N) is 1. The van der Waals surface area contributed by atoms with Crippen LogP contribution in [0.4, 0.5) is 4.79 Å². The van der Waals surface area contributed by atoms with E-state index in [1.807, 2.05) is 29.3 Å². The van der Waals surface area contributed by atoms with Gasteiger partial charge in [-0.2, -0.15) is 0 Å². The van der Waals surface area contributed by atoms with E-state index >= 15 is 0 Å². The van der Waals surface area contributed by atoms with Gasteiger partial charge in [0, 0.05) is 45.0 Å². The third-order valence-electron chi connectivity index (χ3n) is 4.11. The van der Waals surface area contributed by atoms with Crippen LogP contribution < -0.4 is 5.32 Å². The van der Waals surface area contributed by atoms with Gasteiger partial charge in [-0.15, -0.1) is 0 Å². The second-order valence-electron chi connectivity index (χ2n) is 5.67. The highest BCUT2D eigenvalue weighted by molar-refractivity contribution is 5.74. The van der Waals surface area contributed by atoms with Crippen molar-refractivity contribution < 1.29 is 4.79 Å². The Morgan fingerprint density at radius 1 is 1.19 bits per heavy atom. The Morgan fingerprint density at radius 3 is 2.62 bits per heavy atom. The molecule has 0 atom stereocenters. The number of piperazine rings is 1. The number of nitrogens with zero attached hydrogens (tertiary/aromatic N) is 3. The topological polar surface area (TPSA) is 48.5 Å². The lowest BCUT2D eigenvalue weighted by Gasteiger charge is -2.35. The molecule has 5 heteroatoms. The zero-order valence-electron chi connectivity index (χ0n) is 12.2. The number of carbonyl (C=O) groups excluding carboxylic acids is 1. The zero-order chi connectivity index (χ0) is 14.5. The van der Waals surface area contributed by atoms with Gasteiger partial charge in [-0.25, -0.2) is 4.79 Å². The molecule has 2 amide bonds. The van der Waals surface area contributed by atoms with E-state index in [0.29, 0.717) is 6.04 Å². The molecule has 0 unspecified atom stereocenters. The van der Waals surface area contributed by atoms with E-state index in [0.717, 1.165) is 51.3 Å². The number of hydrogen-bond acceptors (Lipinski definition) is 3. The van der Waals surface area contributed by atoms with Crippen LogP contribution in [0.15, 0.2) is 36.5 Å². The Bertz CT molecular complexity index is 486. The fraction of sp³-hybridized carbons (Fsp3) is 0.500. The van der Waals surface area contributed by atoms with Gasteiger partial charge in [0.15, 0.2) is 0 Å². The molecule has 3 rings (SSSR count). The van der Waals surface area contributed by atoms with Crippen LogP contribution >= 0.6 is 0 Å². The van der Waals surface area contributed by atoms with E-state index in [2.05, 4.69) is 27.4 Å². The van der Waals surface area contributed by atoms with Crippen LogP contribution in [0.3, 0.4) is 0 Å². The van der Waals surface area contributed by atoms with Crippen LogP contribution in [-0.2, 0) is 6.54 Å². The first-order chi connectivity index (χ1) is 10.3. The number of urea groups is 1. The predicted molar refractivity (Wildman–Crippen MR) is 81.8 cm³/mol. The minimum absolute atomic E-state index is 0.0844. The van der Waals surface area contributed by atoms with Crippen molar-refractivity contribution in [3.8, 4) is 0 Å². The number of rotatable bonds is 3. The Morgan fingerprint density at radius 2 is 1.95 bits per heavy atom. The van der Waals surface area contributed by atoms with Crippen molar-refractivity contribution in [3.63, 3.8) is 0 Å². The predicted octanol–water partition coefficient (Wildman–Crippen LogP) is 1.63. The smallest absolute Gasteiger partial charge is 0.317 e. The highest BCUT2D eigenvalue weighted by Crippen LogP contribution is 2.11. The Labute approximate surface area is 125 Å². The first kappa shape index (κ1) is 14.1. The molecule has 1 aliphatic heterocycles. The van der Waals surface area contributed by atoms with Crippen LogP contribution in [-0.4, -0.2) is 53.0 Å². The van der Waals surface area contributed by atoms with E-state index in [1.54, 1.807) is 0 Å². The summed E-state index contributed by atoms with van der Waals surface area (Å²) in [6.45, 7) is 4.26. The molecule has 0 aromatic carbocycles. The normalized spacial score (nSPS) is 19.9. The Kier molecular flexibility index (Phi) is 4.50. The van der Waals surface area contributed by atoms with E-state index in [1.165, 1.54) is 0 Å². The summed E-state index contributed by atoms with van der Waals surface area (Å²) in [4.78, 5) is 20.8. The molecule has 1 aliphatic carbocycles. The molecule has 0 radical (unpaired) electrons. The second kappa shape index (κ2) is 6.72. The lowest BCUT2D eigenvalue weighted by molar-refractivity contribution is 0.132. The summed E-state index contributed by atoms with van der Waals surface area (Å²) in [5.74, 6) is 0.